The molecule has 0 bridgehead atoms. The van der Waals surface area contributed by atoms with Crippen LogP contribution >= 0.6 is 0 Å². The summed E-state index contributed by atoms with van der Waals surface area (Å²) in [6, 6.07) is 10.8. The van der Waals surface area contributed by atoms with E-state index in [-0.39, 0.29) is 18.0 Å². The van der Waals surface area contributed by atoms with E-state index in [1.54, 1.807) is 19.3 Å². The van der Waals surface area contributed by atoms with Gasteiger partial charge in [-0.05, 0) is 30.3 Å². The Morgan fingerprint density at radius 2 is 2.05 bits per heavy atom. The minimum atomic E-state index is -0.494. The van der Waals surface area contributed by atoms with Gasteiger partial charge in [0.15, 0.2) is 0 Å². The van der Waals surface area contributed by atoms with Crippen molar-refractivity contribution in [3.8, 4) is 0 Å². The molecule has 0 unspecified atom stereocenters. The molecule has 2 amide bonds. The van der Waals surface area contributed by atoms with Gasteiger partial charge >= 0.3 is 0 Å². The number of carbonyl (C=O) groups is 2. The first-order valence-electron chi connectivity index (χ1n) is 6.74. The van der Waals surface area contributed by atoms with Gasteiger partial charge in [0.2, 0.25) is 5.91 Å². The van der Waals surface area contributed by atoms with Crippen LogP contribution in [-0.2, 0) is 11.3 Å². The molecule has 22 heavy (non-hydrogen) atoms. The summed E-state index contributed by atoms with van der Waals surface area (Å²) in [6.45, 7) is 0.203. The van der Waals surface area contributed by atoms with E-state index in [9.17, 15) is 14.0 Å². The van der Waals surface area contributed by atoms with Crippen LogP contribution in [0.5, 0.6) is 0 Å². The van der Waals surface area contributed by atoms with Crippen LogP contribution in [0.3, 0.4) is 0 Å². The maximum absolute atomic E-state index is 13.0. The van der Waals surface area contributed by atoms with Crippen molar-refractivity contribution in [2.24, 2.45) is 0 Å². The number of nitrogens with zero attached hydrogens (tertiary/aromatic N) is 2. The van der Waals surface area contributed by atoms with Crippen LogP contribution in [0.4, 0.5) is 4.39 Å². The van der Waals surface area contributed by atoms with Gasteiger partial charge in [0.25, 0.3) is 5.91 Å². The molecule has 0 radical (unpaired) electrons. The highest BCUT2D eigenvalue weighted by atomic mass is 19.1. The van der Waals surface area contributed by atoms with Crippen LogP contribution in [0, 0.1) is 5.82 Å². The number of aromatic nitrogens is 1. The summed E-state index contributed by atoms with van der Waals surface area (Å²) in [4.78, 5) is 29.4. The van der Waals surface area contributed by atoms with Gasteiger partial charge in [-0.15, -0.1) is 0 Å². The summed E-state index contributed by atoms with van der Waals surface area (Å²) in [5, 5.41) is 2.48. The Hall–Kier alpha value is -2.76. The highest BCUT2D eigenvalue weighted by Crippen LogP contribution is 2.03. The third kappa shape index (κ3) is 4.37. The Balaban J connectivity index is 1.85. The second-order valence-corrected chi connectivity index (χ2v) is 4.76. The number of pyridine rings is 1. The summed E-state index contributed by atoms with van der Waals surface area (Å²) >= 11 is 0. The standard InChI is InChI=1S/C16H16FN3O2/c1-20(11-14-7-2-3-8-18-14)15(21)10-19-16(22)12-5-4-6-13(17)9-12/h2-9H,10-11H2,1H3,(H,19,22). The zero-order valence-electron chi connectivity index (χ0n) is 12.1. The first kappa shape index (κ1) is 15.6. The fourth-order valence-electron chi connectivity index (χ4n) is 1.85. The molecule has 0 spiro atoms. The zero-order chi connectivity index (χ0) is 15.9. The SMILES string of the molecule is CN(Cc1ccccn1)C(=O)CNC(=O)c1cccc(F)c1. The molecule has 0 saturated heterocycles. The van der Waals surface area contributed by atoms with Crippen molar-refractivity contribution in [1.82, 2.24) is 15.2 Å². The summed E-state index contributed by atoms with van der Waals surface area (Å²) in [7, 11) is 1.63. The molecule has 0 aliphatic heterocycles. The third-order valence-corrected chi connectivity index (χ3v) is 3.04. The first-order chi connectivity index (χ1) is 10.6. The number of nitrogens with one attached hydrogen (secondary N) is 1. The van der Waals surface area contributed by atoms with Crippen LogP contribution in [-0.4, -0.2) is 35.3 Å². The second kappa shape index (κ2) is 7.31. The highest BCUT2D eigenvalue weighted by molar-refractivity contribution is 5.96. The Morgan fingerprint density at radius 3 is 2.73 bits per heavy atom. The van der Waals surface area contributed by atoms with Gasteiger partial charge in [-0.3, -0.25) is 14.6 Å². The number of amides is 2. The van der Waals surface area contributed by atoms with Crippen LogP contribution in [0.15, 0.2) is 48.7 Å². The number of hydrogen-bond acceptors (Lipinski definition) is 3. The Morgan fingerprint density at radius 1 is 1.23 bits per heavy atom. The molecule has 114 valence electrons. The van der Waals surface area contributed by atoms with Crippen LogP contribution in [0.25, 0.3) is 0 Å². The first-order valence-corrected chi connectivity index (χ1v) is 6.74. The number of carbonyl (C=O) groups excluding carboxylic acids is 2. The monoisotopic (exact) mass is 301 g/mol. The lowest BCUT2D eigenvalue weighted by Gasteiger charge is -2.17. The molecule has 1 aromatic heterocycles. The van der Waals surface area contributed by atoms with Gasteiger partial charge in [0.05, 0.1) is 18.8 Å². The van der Waals surface area contributed by atoms with E-state index >= 15 is 0 Å². The molecule has 2 aromatic rings. The summed E-state index contributed by atoms with van der Waals surface area (Å²) in [6.07, 6.45) is 1.65. The molecule has 1 N–H and O–H groups in total. The van der Waals surface area contributed by atoms with Gasteiger partial charge in [-0.2, -0.15) is 0 Å². The number of rotatable bonds is 5. The van der Waals surface area contributed by atoms with Crippen LogP contribution < -0.4 is 5.32 Å². The molecule has 0 saturated carbocycles. The largest absolute Gasteiger partial charge is 0.343 e. The third-order valence-electron chi connectivity index (χ3n) is 3.04. The Labute approximate surface area is 127 Å². The van der Waals surface area contributed by atoms with E-state index in [2.05, 4.69) is 10.3 Å². The van der Waals surface area contributed by atoms with Gasteiger partial charge in [0.1, 0.15) is 5.82 Å². The van der Waals surface area contributed by atoms with E-state index < -0.39 is 11.7 Å². The molecule has 1 heterocycles. The average Bonchev–Trinajstić information content (AvgIpc) is 2.53. The van der Waals surface area contributed by atoms with E-state index in [1.807, 2.05) is 12.1 Å². The van der Waals surface area contributed by atoms with Crippen molar-refractivity contribution in [1.29, 1.82) is 0 Å². The van der Waals surface area contributed by atoms with E-state index in [0.29, 0.717) is 6.54 Å². The number of benzene rings is 1. The molecule has 6 heteroatoms. The zero-order valence-corrected chi connectivity index (χ0v) is 12.1. The smallest absolute Gasteiger partial charge is 0.251 e. The minimum absolute atomic E-state index is 0.154. The van der Waals surface area contributed by atoms with E-state index in [4.69, 9.17) is 0 Å². The van der Waals surface area contributed by atoms with Crippen molar-refractivity contribution < 1.29 is 14.0 Å². The van der Waals surface area contributed by atoms with Crippen molar-refractivity contribution in [3.05, 3.63) is 65.7 Å². The topological polar surface area (TPSA) is 62.3 Å². The highest BCUT2D eigenvalue weighted by Gasteiger charge is 2.12. The van der Waals surface area contributed by atoms with E-state index in [0.717, 1.165) is 11.8 Å². The van der Waals surface area contributed by atoms with Crippen LogP contribution in [0.1, 0.15) is 16.1 Å². The second-order valence-electron chi connectivity index (χ2n) is 4.76. The molecular weight excluding hydrogens is 285 g/mol. The summed E-state index contributed by atoms with van der Waals surface area (Å²) in [5.41, 5.74) is 0.940. The molecule has 5 nitrogen and oxygen atoms in total. The molecule has 0 aliphatic carbocycles. The van der Waals surface area contributed by atoms with Crippen molar-refractivity contribution in [2.45, 2.75) is 6.54 Å². The number of likely N-dealkylation sites (N-methyl/N-ethyl adjacent to an activating group) is 1. The fourth-order valence-corrected chi connectivity index (χ4v) is 1.85. The molecule has 0 atom stereocenters. The Kier molecular flexibility index (Phi) is 5.19. The normalized spacial score (nSPS) is 10.1. The van der Waals surface area contributed by atoms with Gasteiger partial charge in [0, 0.05) is 18.8 Å². The summed E-state index contributed by atoms with van der Waals surface area (Å²) in [5.74, 6) is -1.24. The molecular formula is C16H16FN3O2. The number of halogens is 1. The lowest BCUT2D eigenvalue weighted by Crippen LogP contribution is -2.37. The number of hydrogen-bond donors (Lipinski definition) is 1. The fraction of sp³-hybridized carbons (Fsp3) is 0.188. The molecule has 2 rings (SSSR count). The molecule has 0 aliphatic rings. The predicted octanol–water partition coefficient (Wildman–Crippen LogP) is 1.61. The van der Waals surface area contributed by atoms with Gasteiger partial charge < -0.3 is 10.2 Å². The van der Waals surface area contributed by atoms with Crippen LogP contribution in [0.2, 0.25) is 0 Å². The van der Waals surface area contributed by atoms with Gasteiger partial charge in [-0.25, -0.2) is 4.39 Å². The van der Waals surface area contributed by atoms with Gasteiger partial charge in [-0.1, -0.05) is 12.1 Å². The lowest BCUT2D eigenvalue weighted by atomic mass is 10.2. The lowest BCUT2D eigenvalue weighted by molar-refractivity contribution is -0.129. The maximum Gasteiger partial charge on any atom is 0.251 e. The Bertz CT molecular complexity index is 661. The average molecular weight is 301 g/mol. The predicted molar refractivity (Wildman–Crippen MR) is 79.4 cm³/mol. The maximum atomic E-state index is 13.0. The molecule has 1 aromatic carbocycles. The van der Waals surface area contributed by atoms with Crippen molar-refractivity contribution in [3.63, 3.8) is 0 Å². The summed E-state index contributed by atoms with van der Waals surface area (Å²) < 4.78 is 13.0. The van der Waals surface area contributed by atoms with Crippen molar-refractivity contribution in [2.75, 3.05) is 13.6 Å². The van der Waals surface area contributed by atoms with E-state index in [1.165, 1.54) is 23.1 Å². The molecule has 0 fully saturated rings. The quantitative estimate of drug-likeness (QED) is 0.912. The minimum Gasteiger partial charge on any atom is -0.343 e. The van der Waals surface area contributed by atoms with Crippen molar-refractivity contribution >= 4 is 11.8 Å².